The maximum Gasteiger partial charge on any atom is 0.123 e. The van der Waals surface area contributed by atoms with Crippen molar-refractivity contribution < 1.29 is 9.50 Å². The van der Waals surface area contributed by atoms with Crippen LogP contribution in [-0.4, -0.2) is 14.9 Å². The average molecular weight is 234 g/mol. The van der Waals surface area contributed by atoms with Gasteiger partial charge >= 0.3 is 0 Å². The van der Waals surface area contributed by atoms with E-state index in [-0.39, 0.29) is 5.82 Å². The Kier molecular flexibility index (Phi) is 3.54. The van der Waals surface area contributed by atoms with Gasteiger partial charge in [-0.2, -0.15) is 5.10 Å². The third-order valence-electron chi connectivity index (χ3n) is 2.63. The zero-order chi connectivity index (χ0) is 12.3. The highest BCUT2D eigenvalue weighted by molar-refractivity contribution is 5.25. The zero-order valence-electron chi connectivity index (χ0n) is 9.68. The van der Waals surface area contributed by atoms with Crippen LogP contribution >= 0.6 is 0 Å². The summed E-state index contributed by atoms with van der Waals surface area (Å²) in [5, 5.41) is 14.3. The Hall–Kier alpha value is -1.68. The van der Waals surface area contributed by atoms with Crippen molar-refractivity contribution in [1.29, 1.82) is 0 Å². The lowest BCUT2D eigenvalue weighted by Gasteiger charge is -2.13. The molecule has 1 atom stereocenters. The Morgan fingerprint density at radius 2 is 2.24 bits per heavy atom. The highest BCUT2D eigenvalue weighted by atomic mass is 19.1. The second-order valence-electron chi connectivity index (χ2n) is 3.94. The van der Waals surface area contributed by atoms with Gasteiger partial charge in [-0.25, -0.2) is 4.39 Å². The van der Waals surface area contributed by atoms with Crippen LogP contribution in [0, 0.1) is 5.82 Å². The smallest absolute Gasteiger partial charge is 0.123 e. The van der Waals surface area contributed by atoms with E-state index in [1.807, 2.05) is 6.92 Å². The Bertz CT molecular complexity index is 496. The van der Waals surface area contributed by atoms with Gasteiger partial charge < -0.3 is 5.11 Å². The lowest BCUT2D eigenvalue weighted by molar-refractivity contribution is 0.207. The molecule has 0 radical (unpaired) electrons. The van der Waals surface area contributed by atoms with Crippen LogP contribution in [0.3, 0.4) is 0 Å². The van der Waals surface area contributed by atoms with Crippen LogP contribution < -0.4 is 0 Å². The topological polar surface area (TPSA) is 38.0 Å². The minimum Gasteiger partial charge on any atom is -0.382 e. The normalized spacial score (nSPS) is 12.6. The average Bonchev–Trinajstić information content (AvgIpc) is 2.77. The van der Waals surface area contributed by atoms with Gasteiger partial charge in [-0.3, -0.25) is 4.68 Å². The first-order valence-electron chi connectivity index (χ1n) is 5.67. The molecule has 2 aromatic rings. The Balaban J connectivity index is 2.30. The molecule has 0 aliphatic heterocycles. The predicted molar refractivity (Wildman–Crippen MR) is 63.0 cm³/mol. The number of rotatable bonds is 4. The number of aryl methyl sites for hydroxylation is 1. The molecule has 0 spiro atoms. The number of halogens is 1. The van der Waals surface area contributed by atoms with Crippen molar-refractivity contribution in [3.8, 4) is 0 Å². The van der Waals surface area contributed by atoms with Gasteiger partial charge in [-0.15, -0.1) is 0 Å². The van der Waals surface area contributed by atoms with Crippen LogP contribution in [0.4, 0.5) is 4.39 Å². The molecule has 0 amide bonds. The van der Waals surface area contributed by atoms with E-state index in [4.69, 9.17) is 0 Å². The maximum absolute atomic E-state index is 13.1. The third kappa shape index (κ3) is 2.53. The second kappa shape index (κ2) is 5.10. The van der Waals surface area contributed by atoms with Gasteiger partial charge in [-0.05, 0) is 30.2 Å². The van der Waals surface area contributed by atoms with Crippen LogP contribution in [0.5, 0.6) is 0 Å². The Labute approximate surface area is 99.5 Å². The largest absolute Gasteiger partial charge is 0.382 e. The molecule has 1 unspecified atom stereocenters. The van der Waals surface area contributed by atoms with E-state index >= 15 is 0 Å². The number of nitrogens with zero attached hydrogens (tertiary/aromatic N) is 2. The summed E-state index contributed by atoms with van der Waals surface area (Å²) in [5.74, 6) is -0.344. The first kappa shape index (κ1) is 11.8. The van der Waals surface area contributed by atoms with E-state index in [0.717, 1.165) is 13.0 Å². The molecule has 1 N–H and O–H groups in total. The molecule has 0 aliphatic carbocycles. The van der Waals surface area contributed by atoms with Gasteiger partial charge in [0.25, 0.3) is 0 Å². The van der Waals surface area contributed by atoms with Gasteiger partial charge in [0.2, 0.25) is 0 Å². The van der Waals surface area contributed by atoms with E-state index in [9.17, 15) is 9.50 Å². The minimum absolute atomic E-state index is 0.344. The molecule has 0 saturated heterocycles. The number of aliphatic hydroxyl groups is 1. The standard InChI is InChI=1S/C13H15FN2O/c1-2-8-16-12(6-7-15-16)13(17)10-4-3-5-11(14)9-10/h3-7,9,13,17H,2,8H2,1H3. The number of benzene rings is 1. The first-order valence-corrected chi connectivity index (χ1v) is 5.67. The van der Waals surface area contributed by atoms with Gasteiger partial charge in [0.1, 0.15) is 11.9 Å². The molecule has 90 valence electrons. The van der Waals surface area contributed by atoms with Gasteiger partial charge in [0.05, 0.1) is 5.69 Å². The molecule has 3 nitrogen and oxygen atoms in total. The summed E-state index contributed by atoms with van der Waals surface area (Å²) < 4.78 is 14.8. The van der Waals surface area contributed by atoms with Crippen LogP contribution in [0.15, 0.2) is 36.5 Å². The van der Waals surface area contributed by atoms with Crippen molar-refractivity contribution >= 4 is 0 Å². The summed E-state index contributed by atoms with van der Waals surface area (Å²) >= 11 is 0. The molecule has 1 aromatic carbocycles. The number of hydrogen-bond acceptors (Lipinski definition) is 2. The van der Waals surface area contributed by atoms with Crippen molar-refractivity contribution in [2.45, 2.75) is 26.0 Å². The quantitative estimate of drug-likeness (QED) is 0.882. The summed E-state index contributed by atoms with van der Waals surface area (Å²) in [5.41, 5.74) is 1.24. The third-order valence-corrected chi connectivity index (χ3v) is 2.63. The van der Waals surface area contributed by atoms with Gasteiger partial charge in [-0.1, -0.05) is 19.1 Å². The molecule has 0 aliphatic rings. The molecule has 4 heteroatoms. The van der Waals surface area contributed by atoms with Crippen LogP contribution in [0.25, 0.3) is 0 Å². The molecule has 1 heterocycles. The number of aromatic nitrogens is 2. The van der Waals surface area contributed by atoms with Crippen LogP contribution in [0.2, 0.25) is 0 Å². The first-order chi connectivity index (χ1) is 8.22. The summed E-state index contributed by atoms with van der Waals surface area (Å²) in [4.78, 5) is 0. The Morgan fingerprint density at radius 1 is 1.41 bits per heavy atom. The molecule has 0 saturated carbocycles. The van der Waals surface area contributed by atoms with Crippen molar-refractivity contribution in [2.75, 3.05) is 0 Å². The molecule has 17 heavy (non-hydrogen) atoms. The molecule has 1 aromatic heterocycles. The zero-order valence-corrected chi connectivity index (χ0v) is 9.68. The van der Waals surface area contributed by atoms with Crippen molar-refractivity contribution in [3.63, 3.8) is 0 Å². The lowest BCUT2D eigenvalue weighted by Crippen LogP contribution is -2.10. The SMILES string of the molecule is CCCn1nccc1C(O)c1cccc(F)c1. The summed E-state index contributed by atoms with van der Waals surface area (Å²) in [6.07, 6.45) is 1.75. The molecule has 0 bridgehead atoms. The van der Waals surface area contributed by atoms with Gasteiger partial charge in [0, 0.05) is 12.7 Å². The predicted octanol–water partition coefficient (Wildman–Crippen LogP) is 2.51. The molecule has 2 rings (SSSR count). The maximum atomic E-state index is 13.1. The summed E-state index contributed by atoms with van der Waals surface area (Å²) in [6.45, 7) is 2.79. The van der Waals surface area contributed by atoms with Crippen molar-refractivity contribution in [2.24, 2.45) is 0 Å². The van der Waals surface area contributed by atoms with Crippen LogP contribution in [0.1, 0.15) is 30.7 Å². The van der Waals surface area contributed by atoms with Gasteiger partial charge in [0.15, 0.2) is 0 Å². The Morgan fingerprint density at radius 3 is 2.94 bits per heavy atom. The minimum atomic E-state index is -0.834. The van der Waals surface area contributed by atoms with Crippen molar-refractivity contribution in [3.05, 3.63) is 53.6 Å². The fourth-order valence-corrected chi connectivity index (χ4v) is 1.82. The summed E-state index contributed by atoms with van der Waals surface area (Å²) in [6, 6.07) is 7.75. The highest BCUT2D eigenvalue weighted by Gasteiger charge is 2.15. The highest BCUT2D eigenvalue weighted by Crippen LogP contribution is 2.22. The molecular formula is C13H15FN2O. The van der Waals surface area contributed by atoms with E-state index in [0.29, 0.717) is 11.3 Å². The fourth-order valence-electron chi connectivity index (χ4n) is 1.82. The summed E-state index contributed by atoms with van der Waals surface area (Å²) in [7, 11) is 0. The lowest BCUT2D eigenvalue weighted by atomic mass is 10.1. The number of aliphatic hydroxyl groups excluding tert-OH is 1. The fraction of sp³-hybridized carbons (Fsp3) is 0.308. The number of hydrogen-bond donors (Lipinski definition) is 1. The van der Waals surface area contributed by atoms with E-state index in [2.05, 4.69) is 5.10 Å². The van der Waals surface area contributed by atoms with Crippen molar-refractivity contribution in [1.82, 2.24) is 9.78 Å². The molecular weight excluding hydrogens is 219 g/mol. The monoisotopic (exact) mass is 234 g/mol. The van der Waals surface area contributed by atoms with E-state index in [1.54, 1.807) is 29.1 Å². The second-order valence-corrected chi connectivity index (χ2v) is 3.94. The van der Waals surface area contributed by atoms with Crippen LogP contribution in [-0.2, 0) is 6.54 Å². The van der Waals surface area contributed by atoms with E-state index < -0.39 is 6.10 Å². The van der Waals surface area contributed by atoms with E-state index in [1.165, 1.54) is 12.1 Å². The molecule has 0 fully saturated rings.